The maximum absolute atomic E-state index is 13.0. The van der Waals surface area contributed by atoms with Gasteiger partial charge in [0, 0.05) is 0 Å². The van der Waals surface area contributed by atoms with Crippen LogP contribution in [-0.4, -0.2) is 11.9 Å². The summed E-state index contributed by atoms with van der Waals surface area (Å²) in [5.74, 6) is -0.804. The number of hydrogen-bond donors (Lipinski definition) is 1. The van der Waals surface area contributed by atoms with Gasteiger partial charge in [-0.2, -0.15) is 0 Å². The third-order valence-electron chi connectivity index (χ3n) is 3.63. The van der Waals surface area contributed by atoms with Crippen molar-refractivity contribution in [2.75, 3.05) is 4.90 Å². The fourth-order valence-electron chi connectivity index (χ4n) is 2.43. The highest BCUT2D eigenvalue weighted by Crippen LogP contribution is 2.31. The molecule has 0 radical (unpaired) electrons. The zero-order chi connectivity index (χ0) is 15.0. The largest absolute Gasteiger partial charge is 0.329 e. The fourth-order valence-corrected chi connectivity index (χ4v) is 2.43. The predicted octanol–water partition coefficient (Wildman–Crippen LogP) is 2.80. The lowest BCUT2D eigenvalue weighted by molar-refractivity contribution is -0.121. The van der Waals surface area contributed by atoms with Crippen molar-refractivity contribution in [1.82, 2.24) is 5.32 Å². The number of halogens is 1. The molecule has 1 unspecified atom stereocenters. The molecule has 2 aromatic rings. The zero-order valence-electron chi connectivity index (χ0n) is 11.3. The van der Waals surface area contributed by atoms with Gasteiger partial charge in [-0.1, -0.05) is 30.3 Å². The molecular formula is C16H13FN2O2. The van der Waals surface area contributed by atoms with Crippen LogP contribution in [0.3, 0.4) is 0 Å². The molecule has 1 N–H and O–H groups in total. The van der Waals surface area contributed by atoms with Crippen LogP contribution >= 0.6 is 0 Å². The fraction of sp³-hybridized carbons (Fsp3) is 0.125. The van der Waals surface area contributed by atoms with E-state index in [4.69, 9.17) is 0 Å². The summed E-state index contributed by atoms with van der Waals surface area (Å²) in [6.07, 6.45) is 0. The van der Waals surface area contributed by atoms with Crippen molar-refractivity contribution in [1.29, 1.82) is 0 Å². The Morgan fingerprint density at radius 3 is 2.24 bits per heavy atom. The van der Waals surface area contributed by atoms with E-state index in [9.17, 15) is 14.0 Å². The molecule has 1 aliphatic rings. The summed E-state index contributed by atoms with van der Waals surface area (Å²) in [6.45, 7) is 1.66. The number of nitrogens with one attached hydrogen (secondary N) is 1. The molecule has 1 aliphatic heterocycles. The van der Waals surface area contributed by atoms with E-state index in [0.29, 0.717) is 11.3 Å². The van der Waals surface area contributed by atoms with Crippen LogP contribution in [0.25, 0.3) is 0 Å². The predicted molar refractivity (Wildman–Crippen MR) is 76.2 cm³/mol. The number of urea groups is 1. The van der Waals surface area contributed by atoms with Crippen molar-refractivity contribution >= 4 is 17.6 Å². The van der Waals surface area contributed by atoms with Crippen molar-refractivity contribution in [3.63, 3.8) is 0 Å². The molecule has 3 rings (SSSR count). The average molecular weight is 284 g/mol. The second kappa shape index (κ2) is 4.70. The average Bonchev–Trinajstić information content (AvgIpc) is 2.72. The molecule has 1 fully saturated rings. The monoisotopic (exact) mass is 284 g/mol. The Labute approximate surface area is 121 Å². The van der Waals surface area contributed by atoms with Crippen molar-refractivity contribution in [2.45, 2.75) is 12.5 Å². The molecule has 0 saturated carbocycles. The minimum atomic E-state index is -1.12. The molecule has 5 heteroatoms. The van der Waals surface area contributed by atoms with E-state index in [1.54, 1.807) is 31.2 Å². The lowest BCUT2D eigenvalue weighted by atomic mass is 9.92. The van der Waals surface area contributed by atoms with Gasteiger partial charge in [-0.3, -0.25) is 4.79 Å². The standard InChI is InChI=1S/C16H13FN2O2/c1-16(11-5-3-2-4-6-11)14(20)19(15(21)18-16)13-9-7-12(17)8-10-13/h2-10H,1H3,(H,18,21). The minimum Gasteiger partial charge on any atom is -0.319 e. The second-order valence-corrected chi connectivity index (χ2v) is 5.04. The summed E-state index contributed by atoms with van der Waals surface area (Å²) in [5, 5.41) is 2.70. The number of carbonyl (C=O) groups is 2. The van der Waals surface area contributed by atoms with E-state index in [1.165, 1.54) is 24.3 Å². The molecule has 0 bridgehead atoms. The number of benzene rings is 2. The van der Waals surface area contributed by atoms with E-state index in [1.807, 2.05) is 6.07 Å². The number of anilines is 1. The third kappa shape index (κ3) is 2.07. The highest BCUT2D eigenvalue weighted by atomic mass is 19.1. The van der Waals surface area contributed by atoms with Crippen LogP contribution in [0.1, 0.15) is 12.5 Å². The first kappa shape index (κ1) is 13.3. The van der Waals surface area contributed by atoms with Crippen molar-refractivity contribution < 1.29 is 14.0 Å². The SMILES string of the molecule is CC1(c2ccccc2)NC(=O)N(c2ccc(F)cc2)C1=O. The van der Waals surface area contributed by atoms with Gasteiger partial charge in [0.05, 0.1) is 5.69 Å². The van der Waals surface area contributed by atoms with Gasteiger partial charge in [-0.05, 0) is 36.8 Å². The van der Waals surface area contributed by atoms with Crippen molar-refractivity contribution in [3.05, 3.63) is 66.0 Å². The van der Waals surface area contributed by atoms with Crippen LogP contribution in [0.5, 0.6) is 0 Å². The zero-order valence-corrected chi connectivity index (χ0v) is 11.3. The van der Waals surface area contributed by atoms with Crippen molar-refractivity contribution in [3.8, 4) is 0 Å². The summed E-state index contributed by atoms with van der Waals surface area (Å²) >= 11 is 0. The third-order valence-corrected chi connectivity index (χ3v) is 3.63. The first-order valence-corrected chi connectivity index (χ1v) is 6.50. The lowest BCUT2D eigenvalue weighted by Crippen LogP contribution is -2.40. The van der Waals surface area contributed by atoms with Gasteiger partial charge in [0.1, 0.15) is 11.4 Å². The highest BCUT2D eigenvalue weighted by molar-refractivity contribution is 6.23. The van der Waals surface area contributed by atoms with E-state index < -0.39 is 17.4 Å². The number of imide groups is 1. The second-order valence-electron chi connectivity index (χ2n) is 5.04. The summed E-state index contributed by atoms with van der Waals surface area (Å²) in [7, 11) is 0. The summed E-state index contributed by atoms with van der Waals surface area (Å²) < 4.78 is 13.0. The first-order chi connectivity index (χ1) is 10.0. The molecule has 3 amide bonds. The quantitative estimate of drug-likeness (QED) is 0.862. The first-order valence-electron chi connectivity index (χ1n) is 6.50. The van der Waals surface area contributed by atoms with Gasteiger partial charge >= 0.3 is 6.03 Å². The molecule has 0 spiro atoms. The molecule has 2 aromatic carbocycles. The van der Waals surface area contributed by atoms with Gasteiger partial charge in [0.15, 0.2) is 0 Å². The minimum absolute atomic E-state index is 0.346. The number of nitrogens with zero attached hydrogens (tertiary/aromatic N) is 1. The number of hydrogen-bond acceptors (Lipinski definition) is 2. The number of rotatable bonds is 2. The van der Waals surface area contributed by atoms with Crippen LogP contribution < -0.4 is 10.2 Å². The Kier molecular flexibility index (Phi) is 2.97. The van der Waals surface area contributed by atoms with Crippen LogP contribution in [0.4, 0.5) is 14.9 Å². The molecule has 21 heavy (non-hydrogen) atoms. The smallest absolute Gasteiger partial charge is 0.319 e. The molecule has 0 aromatic heterocycles. The van der Waals surface area contributed by atoms with Gasteiger partial charge < -0.3 is 5.32 Å². The summed E-state index contributed by atoms with van der Waals surface area (Å²) in [5.41, 5.74) is -0.0706. The number of carbonyl (C=O) groups excluding carboxylic acids is 2. The topological polar surface area (TPSA) is 49.4 Å². The maximum Gasteiger partial charge on any atom is 0.329 e. The van der Waals surface area contributed by atoms with Gasteiger partial charge in [0.25, 0.3) is 5.91 Å². The van der Waals surface area contributed by atoms with Gasteiger partial charge in [-0.15, -0.1) is 0 Å². The van der Waals surface area contributed by atoms with Crippen LogP contribution in [-0.2, 0) is 10.3 Å². The Morgan fingerprint density at radius 1 is 1.00 bits per heavy atom. The van der Waals surface area contributed by atoms with E-state index >= 15 is 0 Å². The molecule has 106 valence electrons. The van der Waals surface area contributed by atoms with Gasteiger partial charge in [0.2, 0.25) is 0 Å². The van der Waals surface area contributed by atoms with E-state index in [-0.39, 0.29) is 5.91 Å². The molecule has 1 saturated heterocycles. The Bertz CT molecular complexity index is 700. The molecule has 4 nitrogen and oxygen atoms in total. The van der Waals surface area contributed by atoms with E-state index in [0.717, 1.165) is 4.90 Å². The Hall–Kier alpha value is -2.69. The Morgan fingerprint density at radius 2 is 1.62 bits per heavy atom. The highest BCUT2D eigenvalue weighted by Gasteiger charge is 2.49. The normalized spacial score (nSPS) is 21.5. The number of amides is 3. The molecule has 1 atom stereocenters. The summed E-state index contributed by atoms with van der Waals surface area (Å²) in [6, 6.07) is 13.7. The van der Waals surface area contributed by atoms with E-state index in [2.05, 4.69) is 5.32 Å². The van der Waals surface area contributed by atoms with Crippen LogP contribution in [0.15, 0.2) is 54.6 Å². The molecule has 0 aliphatic carbocycles. The van der Waals surface area contributed by atoms with Crippen LogP contribution in [0, 0.1) is 5.82 Å². The summed E-state index contributed by atoms with van der Waals surface area (Å²) in [4.78, 5) is 25.9. The van der Waals surface area contributed by atoms with Crippen molar-refractivity contribution in [2.24, 2.45) is 0 Å². The van der Waals surface area contributed by atoms with Crippen LogP contribution in [0.2, 0.25) is 0 Å². The maximum atomic E-state index is 13.0. The molecular weight excluding hydrogens is 271 g/mol. The van der Waals surface area contributed by atoms with Gasteiger partial charge in [-0.25, -0.2) is 14.1 Å². The molecule has 1 heterocycles. The Balaban J connectivity index is 2.01. The lowest BCUT2D eigenvalue weighted by Gasteiger charge is -2.22.